The lowest BCUT2D eigenvalue weighted by molar-refractivity contribution is -0.385. The molecule has 2 aromatic rings. The van der Waals surface area contributed by atoms with Crippen molar-refractivity contribution in [1.29, 1.82) is 0 Å². The summed E-state index contributed by atoms with van der Waals surface area (Å²) in [5.41, 5.74) is 1.70. The molecule has 0 spiro atoms. The molecular weight excluding hydrogens is 386 g/mol. The Morgan fingerprint density at radius 1 is 1.14 bits per heavy atom. The maximum absolute atomic E-state index is 11.6. The van der Waals surface area contributed by atoms with E-state index < -0.39 is 9.85 Å². The van der Waals surface area contributed by atoms with Crippen LogP contribution in [0.15, 0.2) is 42.5 Å². The van der Waals surface area contributed by atoms with Crippen molar-refractivity contribution >= 4 is 28.7 Å². The third kappa shape index (κ3) is 2.77. The number of rotatable bonds is 4. The molecule has 0 radical (unpaired) electrons. The van der Waals surface area contributed by atoms with Crippen molar-refractivity contribution in [2.45, 2.75) is 18.4 Å². The van der Waals surface area contributed by atoms with Gasteiger partial charge in [-0.2, -0.15) is 0 Å². The van der Waals surface area contributed by atoms with Crippen LogP contribution in [0.5, 0.6) is 5.75 Å². The highest BCUT2D eigenvalue weighted by atomic mass is 35.5. The van der Waals surface area contributed by atoms with E-state index in [2.05, 4.69) is 5.32 Å². The van der Waals surface area contributed by atoms with Crippen LogP contribution in [0.4, 0.5) is 17.1 Å². The van der Waals surface area contributed by atoms with Crippen molar-refractivity contribution in [2.24, 2.45) is 5.92 Å². The second-order valence-electron chi connectivity index (χ2n) is 6.78. The normalized spacial score (nSPS) is 22.1. The number of nitro groups is 2. The zero-order chi connectivity index (χ0) is 20.0. The second-order valence-corrected chi connectivity index (χ2v) is 7.18. The Hall–Kier alpha value is -3.13. The van der Waals surface area contributed by atoms with Gasteiger partial charge in [-0.3, -0.25) is 20.2 Å². The number of nitro benzene ring substituents is 2. The number of halogens is 1. The van der Waals surface area contributed by atoms with Crippen LogP contribution in [-0.2, 0) is 0 Å². The molecule has 1 heterocycles. The van der Waals surface area contributed by atoms with E-state index in [-0.39, 0.29) is 34.3 Å². The highest BCUT2D eigenvalue weighted by molar-refractivity contribution is 6.32. The lowest BCUT2D eigenvalue weighted by atomic mass is 9.76. The highest BCUT2D eigenvalue weighted by Crippen LogP contribution is 2.55. The number of nitrogens with zero attached hydrogens (tertiary/aromatic N) is 2. The quantitative estimate of drug-likeness (QED) is 0.439. The minimum absolute atomic E-state index is 0.0147. The molecule has 1 N–H and O–H groups in total. The van der Waals surface area contributed by atoms with E-state index >= 15 is 0 Å². The van der Waals surface area contributed by atoms with Gasteiger partial charge in [0.25, 0.3) is 11.4 Å². The van der Waals surface area contributed by atoms with Gasteiger partial charge in [0.2, 0.25) is 0 Å². The van der Waals surface area contributed by atoms with Gasteiger partial charge in [0, 0.05) is 18.1 Å². The topological polar surface area (TPSA) is 108 Å². The van der Waals surface area contributed by atoms with Gasteiger partial charge in [-0.25, -0.2) is 0 Å². The summed E-state index contributed by atoms with van der Waals surface area (Å²) >= 11 is 5.96. The van der Waals surface area contributed by atoms with Crippen LogP contribution in [0.1, 0.15) is 29.5 Å². The molecule has 2 aromatic carbocycles. The summed E-state index contributed by atoms with van der Waals surface area (Å²) in [6.45, 7) is 0. The van der Waals surface area contributed by atoms with Gasteiger partial charge in [-0.05, 0) is 30.0 Å². The van der Waals surface area contributed by atoms with Crippen molar-refractivity contribution in [3.8, 4) is 5.75 Å². The van der Waals surface area contributed by atoms with Crippen molar-refractivity contribution in [3.63, 3.8) is 0 Å². The number of nitrogens with one attached hydrogen (secondary N) is 1. The average molecular weight is 402 g/mol. The Bertz CT molecular complexity index is 1020. The van der Waals surface area contributed by atoms with Crippen LogP contribution in [0.25, 0.3) is 0 Å². The molecule has 28 heavy (non-hydrogen) atoms. The number of allylic oxidation sites excluding steroid dienone is 2. The lowest BCUT2D eigenvalue weighted by Crippen LogP contribution is -2.30. The predicted molar refractivity (Wildman–Crippen MR) is 104 cm³/mol. The predicted octanol–water partition coefficient (Wildman–Crippen LogP) is 4.99. The molecule has 1 aliphatic carbocycles. The van der Waals surface area contributed by atoms with E-state index in [0.29, 0.717) is 29.0 Å². The number of fused-ring (bicyclic) bond motifs is 3. The fraction of sp³-hybridized carbons (Fsp3) is 0.263. The standard InChI is InChI=1S/C19H16ClN3O5/c1-28-16-8-7-14(22(24)25)17-11-3-2-4-12(11)18(21-19(16)17)10-5-6-13(20)15(9-10)23(26)27/h2-3,5-9,11-12,18,21H,4H2,1H3/t11-,12-,18+/m0/s1. The van der Waals surface area contributed by atoms with Gasteiger partial charge in [0.15, 0.2) is 0 Å². The van der Waals surface area contributed by atoms with Crippen molar-refractivity contribution in [2.75, 3.05) is 12.4 Å². The second kappa shape index (κ2) is 6.79. The molecule has 0 aromatic heterocycles. The van der Waals surface area contributed by atoms with Crippen LogP contribution < -0.4 is 10.1 Å². The van der Waals surface area contributed by atoms with Gasteiger partial charge in [-0.1, -0.05) is 29.8 Å². The van der Waals surface area contributed by atoms with Crippen LogP contribution in [0, 0.1) is 26.1 Å². The van der Waals surface area contributed by atoms with Crippen LogP contribution in [0.3, 0.4) is 0 Å². The van der Waals surface area contributed by atoms with Crippen LogP contribution >= 0.6 is 11.6 Å². The fourth-order valence-electron chi connectivity index (χ4n) is 4.19. The Morgan fingerprint density at radius 2 is 1.89 bits per heavy atom. The molecule has 2 aliphatic rings. The summed E-state index contributed by atoms with van der Waals surface area (Å²) in [5, 5.41) is 26.3. The first-order chi connectivity index (χ1) is 13.4. The van der Waals surface area contributed by atoms with Gasteiger partial charge >= 0.3 is 0 Å². The average Bonchev–Trinajstić information content (AvgIpc) is 3.16. The molecule has 8 nitrogen and oxygen atoms in total. The molecule has 3 atom stereocenters. The SMILES string of the molecule is COc1ccc([N+](=O)[O-])c2c1N[C@H](c1ccc(Cl)c([N+](=O)[O-])c1)[C@H]1CC=C[C@H]21. The third-order valence-electron chi connectivity index (χ3n) is 5.40. The number of benzene rings is 2. The molecular formula is C19H16ClN3O5. The van der Waals surface area contributed by atoms with E-state index in [1.165, 1.54) is 25.3 Å². The molecule has 0 saturated carbocycles. The monoisotopic (exact) mass is 401 g/mol. The fourth-order valence-corrected chi connectivity index (χ4v) is 4.37. The van der Waals surface area contributed by atoms with Gasteiger partial charge in [0.1, 0.15) is 10.8 Å². The van der Waals surface area contributed by atoms with Gasteiger partial charge < -0.3 is 10.1 Å². The Kier molecular flexibility index (Phi) is 4.43. The molecule has 1 aliphatic heterocycles. The van der Waals surface area contributed by atoms with Crippen LogP contribution in [-0.4, -0.2) is 17.0 Å². The summed E-state index contributed by atoms with van der Waals surface area (Å²) < 4.78 is 5.42. The summed E-state index contributed by atoms with van der Waals surface area (Å²) in [6.07, 6.45) is 4.66. The first kappa shape index (κ1) is 18.2. The molecule has 0 bridgehead atoms. The number of hydrogen-bond donors (Lipinski definition) is 1. The van der Waals surface area contributed by atoms with Crippen molar-refractivity contribution < 1.29 is 14.6 Å². The molecule has 0 saturated heterocycles. The maximum Gasteiger partial charge on any atom is 0.288 e. The van der Waals surface area contributed by atoms with E-state index in [0.717, 1.165) is 0 Å². The highest BCUT2D eigenvalue weighted by Gasteiger charge is 2.43. The summed E-state index contributed by atoms with van der Waals surface area (Å²) in [5.74, 6) is 0.290. The Morgan fingerprint density at radius 3 is 2.57 bits per heavy atom. The largest absolute Gasteiger partial charge is 0.495 e. The summed E-state index contributed by atoms with van der Waals surface area (Å²) in [6, 6.07) is 7.45. The molecule has 144 valence electrons. The van der Waals surface area contributed by atoms with Crippen molar-refractivity contribution in [3.05, 3.63) is 78.9 Å². The molecule has 4 rings (SSSR count). The summed E-state index contributed by atoms with van der Waals surface area (Å²) in [7, 11) is 1.50. The molecule has 9 heteroatoms. The first-order valence-corrected chi connectivity index (χ1v) is 9.02. The zero-order valence-electron chi connectivity index (χ0n) is 14.8. The Balaban J connectivity index is 1.87. The molecule has 0 fully saturated rings. The minimum atomic E-state index is -0.515. The number of hydrogen-bond acceptors (Lipinski definition) is 6. The number of methoxy groups -OCH3 is 1. The molecule has 0 amide bonds. The zero-order valence-corrected chi connectivity index (χ0v) is 15.6. The number of ether oxygens (including phenoxy) is 1. The van der Waals surface area contributed by atoms with Crippen LogP contribution in [0.2, 0.25) is 5.02 Å². The maximum atomic E-state index is 11.6. The molecule has 0 unspecified atom stereocenters. The smallest absolute Gasteiger partial charge is 0.288 e. The van der Waals surface area contributed by atoms with E-state index in [1.54, 1.807) is 12.1 Å². The Labute approximate surface area is 165 Å². The minimum Gasteiger partial charge on any atom is -0.495 e. The van der Waals surface area contributed by atoms with Gasteiger partial charge in [0.05, 0.1) is 34.2 Å². The lowest BCUT2D eigenvalue weighted by Gasteiger charge is -2.37. The first-order valence-electron chi connectivity index (χ1n) is 8.64. The third-order valence-corrected chi connectivity index (χ3v) is 5.72. The van der Waals surface area contributed by atoms with Gasteiger partial charge in [-0.15, -0.1) is 0 Å². The van der Waals surface area contributed by atoms with Crippen molar-refractivity contribution in [1.82, 2.24) is 0 Å². The summed E-state index contributed by atoms with van der Waals surface area (Å²) in [4.78, 5) is 22.0. The van der Waals surface area contributed by atoms with E-state index in [4.69, 9.17) is 16.3 Å². The van der Waals surface area contributed by atoms with E-state index in [1.807, 2.05) is 12.2 Å². The van der Waals surface area contributed by atoms with E-state index in [9.17, 15) is 20.2 Å². The number of anilines is 1.